The number of hydrogen-bond donors (Lipinski definition) is 1. The second kappa shape index (κ2) is 4.70. The first-order chi connectivity index (χ1) is 5.30. The van der Waals surface area contributed by atoms with Gasteiger partial charge in [-0.2, -0.15) is 0 Å². The van der Waals surface area contributed by atoms with E-state index in [2.05, 4.69) is 19.4 Å². The summed E-state index contributed by atoms with van der Waals surface area (Å²) in [6.07, 6.45) is 7.78. The Labute approximate surface area is 75.0 Å². The summed E-state index contributed by atoms with van der Waals surface area (Å²) in [6, 6.07) is 0. The number of hydrogen-bond acceptors (Lipinski definition) is 2. The van der Waals surface area contributed by atoms with E-state index < -0.39 is 0 Å². The highest BCUT2D eigenvalue weighted by atomic mass is 32.1. The zero-order chi connectivity index (χ0) is 8.10. The molecule has 1 aliphatic heterocycles. The Balaban J connectivity index is 2.35. The minimum atomic E-state index is 1.07. The molecule has 1 nitrogen and oxygen atoms in total. The summed E-state index contributed by atoms with van der Waals surface area (Å²) in [5, 5.41) is 0. The molecule has 0 aromatic rings. The minimum Gasteiger partial charge on any atom is -0.323 e. The average molecular weight is 171 g/mol. The van der Waals surface area contributed by atoms with Crippen LogP contribution in [0.2, 0.25) is 0 Å². The molecule has 2 heteroatoms. The molecule has 0 unspecified atom stereocenters. The lowest BCUT2D eigenvalue weighted by Gasteiger charge is -2.18. The Morgan fingerprint density at radius 1 is 1.09 bits per heavy atom. The van der Waals surface area contributed by atoms with Crippen molar-refractivity contribution in [1.29, 1.82) is 0 Å². The van der Waals surface area contributed by atoms with Crippen molar-refractivity contribution in [2.24, 2.45) is 0 Å². The molecule has 0 atom stereocenters. The van der Waals surface area contributed by atoms with Gasteiger partial charge in [0.15, 0.2) is 0 Å². The largest absolute Gasteiger partial charge is 0.323 e. The lowest BCUT2D eigenvalue weighted by Crippen LogP contribution is -2.11. The van der Waals surface area contributed by atoms with Crippen LogP contribution in [0.15, 0.2) is 12.3 Å². The van der Waals surface area contributed by atoms with Crippen molar-refractivity contribution in [1.82, 2.24) is 4.31 Å². The summed E-state index contributed by atoms with van der Waals surface area (Å²) in [6.45, 7) is 5.06. The van der Waals surface area contributed by atoms with Gasteiger partial charge in [0.25, 0.3) is 0 Å². The average Bonchev–Trinajstić information content (AvgIpc) is 2.07. The molecule has 64 valence electrons. The summed E-state index contributed by atoms with van der Waals surface area (Å²) in [5.74, 6) is 0. The van der Waals surface area contributed by atoms with Gasteiger partial charge < -0.3 is 4.31 Å². The standard InChI is InChI=1S/C9H17NS/c1-9-7-5-3-2-4-6-8-10(9)11/h11H,1-8H2. The highest BCUT2D eigenvalue weighted by Crippen LogP contribution is 2.18. The number of thiol groups is 1. The molecule has 0 N–H and O–H groups in total. The van der Waals surface area contributed by atoms with Crippen molar-refractivity contribution in [3.05, 3.63) is 12.3 Å². The second-order valence-corrected chi connectivity index (χ2v) is 3.69. The van der Waals surface area contributed by atoms with Crippen LogP contribution in [0, 0.1) is 0 Å². The summed E-state index contributed by atoms with van der Waals surface area (Å²) >= 11 is 4.35. The van der Waals surface area contributed by atoms with E-state index in [-0.39, 0.29) is 0 Å². The van der Waals surface area contributed by atoms with Gasteiger partial charge in [0.2, 0.25) is 0 Å². The minimum absolute atomic E-state index is 1.07. The van der Waals surface area contributed by atoms with Crippen molar-refractivity contribution >= 4 is 12.8 Å². The van der Waals surface area contributed by atoms with E-state index in [0.717, 1.165) is 13.0 Å². The third kappa shape index (κ3) is 3.19. The van der Waals surface area contributed by atoms with Crippen molar-refractivity contribution in [3.63, 3.8) is 0 Å². The fraction of sp³-hybridized carbons (Fsp3) is 0.778. The van der Waals surface area contributed by atoms with Crippen LogP contribution < -0.4 is 0 Å². The van der Waals surface area contributed by atoms with E-state index in [1.807, 2.05) is 4.31 Å². The van der Waals surface area contributed by atoms with Crippen LogP contribution in [0.4, 0.5) is 0 Å². The molecule has 11 heavy (non-hydrogen) atoms. The van der Waals surface area contributed by atoms with E-state index in [4.69, 9.17) is 0 Å². The third-order valence-corrected chi connectivity index (χ3v) is 2.68. The molecule has 1 fully saturated rings. The highest BCUT2D eigenvalue weighted by molar-refractivity contribution is 7.77. The van der Waals surface area contributed by atoms with Crippen LogP contribution in [-0.4, -0.2) is 10.8 Å². The maximum atomic E-state index is 4.35. The van der Waals surface area contributed by atoms with E-state index >= 15 is 0 Å². The predicted molar refractivity (Wildman–Crippen MR) is 52.5 cm³/mol. The Hall–Kier alpha value is -0.110. The number of rotatable bonds is 0. The second-order valence-electron chi connectivity index (χ2n) is 3.21. The van der Waals surface area contributed by atoms with Gasteiger partial charge in [-0.25, -0.2) is 0 Å². The molecule has 0 amide bonds. The highest BCUT2D eigenvalue weighted by Gasteiger charge is 2.05. The van der Waals surface area contributed by atoms with E-state index in [1.165, 1.54) is 37.8 Å². The van der Waals surface area contributed by atoms with Crippen LogP contribution in [0.1, 0.15) is 38.5 Å². The molecule has 1 heterocycles. The zero-order valence-corrected chi connectivity index (χ0v) is 7.95. The van der Waals surface area contributed by atoms with E-state index in [1.54, 1.807) is 0 Å². The summed E-state index contributed by atoms with van der Waals surface area (Å²) in [4.78, 5) is 0. The van der Waals surface area contributed by atoms with Crippen molar-refractivity contribution < 1.29 is 0 Å². The molecule has 0 spiro atoms. The molecule has 0 bridgehead atoms. The first-order valence-electron chi connectivity index (χ1n) is 4.45. The summed E-state index contributed by atoms with van der Waals surface area (Å²) < 4.78 is 2.01. The smallest absolute Gasteiger partial charge is 0.0289 e. The van der Waals surface area contributed by atoms with Gasteiger partial charge in [0, 0.05) is 12.2 Å². The molecule has 0 saturated carbocycles. The Bertz CT molecular complexity index is 134. The van der Waals surface area contributed by atoms with Crippen LogP contribution in [-0.2, 0) is 0 Å². The molecule has 0 aromatic heterocycles. The molecular weight excluding hydrogens is 154 g/mol. The third-order valence-electron chi connectivity index (χ3n) is 2.20. The van der Waals surface area contributed by atoms with Gasteiger partial charge in [-0.1, -0.05) is 38.7 Å². The Morgan fingerprint density at radius 3 is 2.55 bits per heavy atom. The fourth-order valence-corrected chi connectivity index (χ4v) is 1.65. The van der Waals surface area contributed by atoms with Gasteiger partial charge in [-0.15, -0.1) is 0 Å². The van der Waals surface area contributed by atoms with Gasteiger partial charge in [0.05, 0.1) is 0 Å². The maximum Gasteiger partial charge on any atom is 0.0289 e. The Kier molecular flexibility index (Phi) is 3.84. The van der Waals surface area contributed by atoms with Crippen LogP contribution in [0.25, 0.3) is 0 Å². The molecule has 0 radical (unpaired) electrons. The molecule has 1 saturated heterocycles. The quantitative estimate of drug-likeness (QED) is 0.548. The van der Waals surface area contributed by atoms with E-state index in [9.17, 15) is 0 Å². The van der Waals surface area contributed by atoms with Gasteiger partial charge in [0.1, 0.15) is 0 Å². The van der Waals surface area contributed by atoms with Crippen LogP contribution in [0.3, 0.4) is 0 Å². The summed E-state index contributed by atoms with van der Waals surface area (Å²) in [5.41, 5.74) is 1.19. The molecule has 0 aliphatic carbocycles. The van der Waals surface area contributed by atoms with Crippen LogP contribution in [0.5, 0.6) is 0 Å². The molecular formula is C9H17NS. The molecule has 1 aliphatic rings. The predicted octanol–water partition coefficient (Wildman–Crippen LogP) is 3.00. The van der Waals surface area contributed by atoms with Crippen LogP contribution >= 0.6 is 12.8 Å². The van der Waals surface area contributed by atoms with Gasteiger partial charge in [-0.3, -0.25) is 0 Å². The normalized spacial score (nSPS) is 22.3. The first-order valence-corrected chi connectivity index (χ1v) is 4.85. The molecule has 1 rings (SSSR count). The lowest BCUT2D eigenvalue weighted by molar-refractivity contribution is 0.534. The van der Waals surface area contributed by atoms with Crippen molar-refractivity contribution in [2.45, 2.75) is 38.5 Å². The fourth-order valence-electron chi connectivity index (χ4n) is 1.41. The van der Waals surface area contributed by atoms with Crippen molar-refractivity contribution in [3.8, 4) is 0 Å². The van der Waals surface area contributed by atoms with Gasteiger partial charge >= 0.3 is 0 Å². The zero-order valence-electron chi connectivity index (χ0n) is 7.05. The first kappa shape index (κ1) is 8.98. The Morgan fingerprint density at radius 2 is 1.73 bits per heavy atom. The number of allylic oxidation sites excluding steroid dienone is 1. The summed E-state index contributed by atoms with van der Waals surface area (Å²) in [7, 11) is 0. The van der Waals surface area contributed by atoms with Crippen molar-refractivity contribution in [2.75, 3.05) is 6.54 Å². The van der Waals surface area contributed by atoms with Gasteiger partial charge in [-0.05, 0) is 19.3 Å². The monoisotopic (exact) mass is 171 g/mol. The SMILES string of the molecule is C=C1CCCCCCCN1S. The topological polar surface area (TPSA) is 3.24 Å². The number of nitrogens with zero attached hydrogens (tertiary/aromatic N) is 1. The van der Waals surface area contributed by atoms with E-state index in [0.29, 0.717) is 0 Å². The maximum absolute atomic E-state index is 4.35. The lowest BCUT2D eigenvalue weighted by atomic mass is 10.1. The molecule has 0 aromatic carbocycles.